The average molecular weight is 373 g/mol. The minimum atomic E-state index is -0.831. The van der Waals surface area contributed by atoms with Gasteiger partial charge in [-0.25, -0.2) is 0 Å². The Morgan fingerprint density at radius 1 is 1.00 bits per heavy atom. The lowest BCUT2D eigenvalue weighted by Gasteiger charge is -2.34. The van der Waals surface area contributed by atoms with E-state index in [0.717, 1.165) is 23.1 Å². The molecule has 1 saturated heterocycles. The molecule has 28 heavy (non-hydrogen) atoms. The summed E-state index contributed by atoms with van der Waals surface area (Å²) in [6, 6.07) is 21.4. The highest BCUT2D eigenvalue weighted by molar-refractivity contribution is 6.08. The van der Waals surface area contributed by atoms with Crippen molar-refractivity contribution < 1.29 is 14.3 Å². The molecule has 1 aliphatic rings. The SMILES string of the molecule is CC1(c2ccc(Cc3ccccc3)c(C(=O)c3ccccn3)c2)OCCCO1. The highest BCUT2D eigenvalue weighted by Crippen LogP contribution is 2.32. The van der Waals surface area contributed by atoms with Gasteiger partial charge in [0.15, 0.2) is 5.79 Å². The van der Waals surface area contributed by atoms with Crippen molar-refractivity contribution >= 4 is 5.78 Å². The van der Waals surface area contributed by atoms with Crippen molar-refractivity contribution in [3.8, 4) is 0 Å². The molecule has 0 saturated carbocycles. The molecule has 4 heteroatoms. The van der Waals surface area contributed by atoms with Crippen molar-refractivity contribution in [3.63, 3.8) is 0 Å². The lowest BCUT2D eigenvalue weighted by molar-refractivity contribution is -0.264. The molecule has 4 rings (SSSR count). The van der Waals surface area contributed by atoms with Crippen LogP contribution in [0.4, 0.5) is 0 Å². The van der Waals surface area contributed by atoms with Gasteiger partial charge in [-0.1, -0.05) is 48.5 Å². The normalized spacial score (nSPS) is 15.9. The third-order valence-electron chi connectivity index (χ3n) is 5.06. The van der Waals surface area contributed by atoms with Crippen molar-refractivity contribution in [2.75, 3.05) is 13.2 Å². The molecule has 0 radical (unpaired) electrons. The Kier molecular flexibility index (Phi) is 5.33. The number of rotatable bonds is 5. The van der Waals surface area contributed by atoms with Crippen LogP contribution in [0.1, 0.15) is 46.1 Å². The summed E-state index contributed by atoms with van der Waals surface area (Å²) in [4.78, 5) is 17.5. The van der Waals surface area contributed by atoms with Gasteiger partial charge in [-0.2, -0.15) is 0 Å². The second kappa shape index (κ2) is 8.05. The molecule has 0 N–H and O–H groups in total. The molecule has 142 valence electrons. The Labute approximate surface area is 165 Å². The van der Waals surface area contributed by atoms with E-state index < -0.39 is 5.79 Å². The van der Waals surface area contributed by atoms with Crippen molar-refractivity contribution in [1.29, 1.82) is 0 Å². The van der Waals surface area contributed by atoms with E-state index in [1.54, 1.807) is 12.3 Å². The molecule has 0 unspecified atom stereocenters. The molecular weight excluding hydrogens is 350 g/mol. The van der Waals surface area contributed by atoms with Crippen LogP contribution in [0.15, 0.2) is 72.9 Å². The summed E-state index contributed by atoms with van der Waals surface area (Å²) < 4.78 is 11.8. The fourth-order valence-corrected chi connectivity index (χ4v) is 3.48. The summed E-state index contributed by atoms with van der Waals surface area (Å²) in [7, 11) is 0. The number of benzene rings is 2. The maximum absolute atomic E-state index is 13.3. The van der Waals surface area contributed by atoms with E-state index in [1.165, 1.54) is 0 Å². The summed E-state index contributed by atoms with van der Waals surface area (Å²) in [5.41, 5.74) is 4.04. The summed E-state index contributed by atoms with van der Waals surface area (Å²) in [6.07, 6.45) is 3.19. The van der Waals surface area contributed by atoms with Gasteiger partial charge in [0.25, 0.3) is 0 Å². The smallest absolute Gasteiger partial charge is 0.211 e. The predicted molar refractivity (Wildman–Crippen MR) is 107 cm³/mol. The average Bonchev–Trinajstić information content (AvgIpc) is 2.75. The molecule has 0 aliphatic carbocycles. The quantitative estimate of drug-likeness (QED) is 0.617. The first-order chi connectivity index (χ1) is 13.7. The van der Waals surface area contributed by atoms with Gasteiger partial charge in [0, 0.05) is 17.3 Å². The largest absolute Gasteiger partial charge is 0.346 e. The van der Waals surface area contributed by atoms with Gasteiger partial charge in [0.05, 0.1) is 13.2 Å². The number of nitrogens with zero attached hydrogens (tertiary/aromatic N) is 1. The first-order valence-electron chi connectivity index (χ1n) is 9.57. The Hall–Kier alpha value is -2.82. The Morgan fingerprint density at radius 3 is 2.46 bits per heavy atom. The highest BCUT2D eigenvalue weighted by atomic mass is 16.7. The minimum absolute atomic E-state index is 0.0900. The van der Waals surface area contributed by atoms with Gasteiger partial charge < -0.3 is 9.47 Å². The van der Waals surface area contributed by atoms with Crippen LogP contribution in [0.25, 0.3) is 0 Å². The first kappa shape index (κ1) is 18.5. The van der Waals surface area contributed by atoms with Gasteiger partial charge in [-0.3, -0.25) is 9.78 Å². The van der Waals surface area contributed by atoms with Crippen molar-refractivity contribution in [2.24, 2.45) is 0 Å². The van der Waals surface area contributed by atoms with Gasteiger partial charge in [-0.05, 0) is 49.1 Å². The lowest BCUT2D eigenvalue weighted by Crippen LogP contribution is -2.35. The van der Waals surface area contributed by atoms with E-state index >= 15 is 0 Å². The number of carbonyl (C=O) groups is 1. The van der Waals surface area contributed by atoms with Crippen LogP contribution in [0, 0.1) is 0 Å². The standard InChI is InChI=1S/C24H23NO3/c1-24(27-14-7-15-28-24)20-12-11-19(16-18-8-3-2-4-9-18)21(17-20)23(26)22-10-5-6-13-25-22/h2-6,8-13,17H,7,14-16H2,1H3. The van der Waals surface area contributed by atoms with Crippen molar-refractivity contribution in [3.05, 3.63) is 101 Å². The van der Waals surface area contributed by atoms with E-state index in [-0.39, 0.29) is 5.78 Å². The van der Waals surface area contributed by atoms with Crippen LogP contribution < -0.4 is 0 Å². The molecule has 1 fully saturated rings. The third-order valence-corrected chi connectivity index (χ3v) is 5.06. The third kappa shape index (κ3) is 3.88. The number of pyridine rings is 1. The molecular formula is C24H23NO3. The van der Waals surface area contributed by atoms with Crippen molar-refractivity contribution in [1.82, 2.24) is 4.98 Å². The van der Waals surface area contributed by atoms with Gasteiger partial charge in [-0.15, -0.1) is 0 Å². The number of carbonyl (C=O) groups excluding carboxylic acids is 1. The maximum atomic E-state index is 13.3. The molecule has 4 nitrogen and oxygen atoms in total. The second-order valence-corrected chi connectivity index (χ2v) is 7.07. The van der Waals surface area contributed by atoms with Crippen LogP contribution in [-0.2, 0) is 21.7 Å². The molecule has 0 amide bonds. The molecule has 2 aromatic carbocycles. The Bertz CT molecular complexity index is 948. The van der Waals surface area contributed by atoms with Crippen LogP contribution in [-0.4, -0.2) is 24.0 Å². The van der Waals surface area contributed by atoms with E-state index in [2.05, 4.69) is 17.1 Å². The summed E-state index contributed by atoms with van der Waals surface area (Å²) in [5.74, 6) is -0.921. The number of ether oxygens (including phenoxy) is 2. The molecule has 0 bridgehead atoms. The molecule has 1 aromatic heterocycles. The van der Waals surface area contributed by atoms with E-state index in [0.29, 0.717) is 30.9 Å². The predicted octanol–water partition coefficient (Wildman–Crippen LogP) is 4.51. The molecule has 1 aliphatic heterocycles. The Morgan fingerprint density at radius 2 is 1.75 bits per heavy atom. The van der Waals surface area contributed by atoms with Crippen LogP contribution >= 0.6 is 0 Å². The second-order valence-electron chi connectivity index (χ2n) is 7.07. The summed E-state index contributed by atoms with van der Waals surface area (Å²) in [6.45, 7) is 3.20. The van der Waals surface area contributed by atoms with Crippen molar-refractivity contribution in [2.45, 2.75) is 25.6 Å². The lowest BCUT2D eigenvalue weighted by atomic mass is 9.92. The number of hydrogen-bond acceptors (Lipinski definition) is 4. The fourth-order valence-electron chi connectivity index (χ4n) is 3.48. The number of aromatic nitrogens is 1. The maximum Gasteiger partial charge on any atom is 0.211 e. The summed E-state index contributed by atoms with van der Waals surface area (Å²) in [5, 5.41) is 0. The molecule has 0 atom stereocenters. The fraction of sp³-hybridized carbons (Fsp3) is 0.250. The zero-order valence-electron chi connectivity index (χ0n) is 15.9. The molecule has 0 spiro atoms. The zero-order valence-corrected chi connectivity index (χ0v) is 15.9. The monoisotopic (exact) mass is 373 g/mol. The van der Waals surface area contributed by atoms with Crippen LogP contribution in [0.3, 0.4) is 0 Å². The van der Waals surface area contributed by atoms with Crippen LogP contribution in [0.2, 0.25) is 0 Å². The Balaban J connectivity index is 1.76. The topological polar surface area (TPSA) is 48.4 Å². The van der Waals surface area contributed by atoms with Gasteiger partial charge in [0.1, 0.15) is 5.69 Å². The van der Waals surface area contributed by atoms with Gasteiger partial charge >= 0.3 is 0 Å². The molecule has 3 aromatic rings. The summed E-state index contributed by atoms with van der Waals surface area (Å²) >= 11 is 0. The highest BCUT2D eigenvalue weighted by Gasteiger charge is 2.32. The number of ketones is 1. The zero-order chi connectivity index (χ0) is 19.4. The number of hydrogen-bond donors (Lipinski definition) is 0. The first-order valence-corrected chi connectivity index (χ1v) is 9.57. The molecule has 2 heterocycles. The van der Waals surface area contributed by atoms with E-state index in [1.807, 2.05) is 55.5 Å². The van der Waals surface area contributed by atoms with E-state index in [9.17, 15) is 4.79 Å². The minimum Gasteiger partial charge on any atom is -0.346 e. The van der Waals surface area contributed by atoms with E-state index in [4.69, 9.17) is 9.47 Å². The van der Waals surface area contributed by atoms with Crippen LogP contribution in [0.5, 0.6) is 0 Å². The van der Waals surface area contributed by atoms with Gasteiger partial charge in [0.2, 0.25) is 5.78 Å².